The van der Waals surface area contributed by atoms with E-state index < -0.39 is 5.60 Å². The molecule has 2 N–H and O–H groups in total. The highest BCUT2D eigenvalue weighted by atomic mass is 16.5. The van der Waals surface area contributed by atoms with E-state index in [0.29, 0.717) is 19.5 Å². The van der Waals surface area contributed by atoms with Gasteiger partial charge in [0.05, 0.1) is 0 Å². The van der Waals surface area contributed by atoms with Gasteiger partial charge in [-0.1, -0.05) is 6.92 Å². The first-order valence-electron chi connectivity index (χ1n) is 5.04. The normalized spacial score (nSPS) is 14.1. The molecule has 2 amide bonds. The minimum atomic E-state index is -0.782. The minimum absolute atomic E-state index is 0.103. The minimum Gasteiger partial charge on any atom is -0.369 e. The molecule has 0 aliphatic heterocycles. The number of nitrogens with one attached hydrogen (secondary N) is 2. The Morgan fingerprint density at radius 1 is 1.27 bits per heavy atom. The Labute approximate surface area is 90.6 Å². The van der Waals surface area contributed by atoms with Gasteiger partial charge in [-0.2, -0.15) is 0 Å². The molecule has 1 unspecified atom stereocenters. The summed E-state index contributed by atoms with van der Waals surface area (Å²) in [7, 11) is 1.51. The average Bonchev–Trinajstić information content (AvgIpc) is 2.22. The summed E-state index contributed by atoms with van der Waals surface area (Å²) in [6, 6.07) is 0. The number of carbonyl (C=O) groups excluding carboxylic acids is 2. The van der Waals surface area contributed by atoms with Crippen LogP contribution in [-0.4, -0.2) is 37.6 Å². The lowest BCUT2D eigenvalue weighted by atomic mass is 10.0. The Hall–Kier alpha value is -1.10. The zero-order chi connectivity index (χ0) is 11.9. The summed E-state index contributed by atoms with van der Waals surface area (Å²) >= 11 is 0. The molecule has 15 heavy (non-hydrogen) atoms. The topological polar surface area (TPSA) is 67.4 Å². The molecule has 0 rings (SSSR count). The van der Waals surface area contributed by atoms with E-state index in [2.05, 4.69) is 10.6 Å². The van der Waals surface area contributed by atoms with Crippen LogP contribution in [0.3, 0.4) is 0 Å². The summed E-state index contributed by atoms with van der Waals surface area (Å²) in [5.41, 5.74) is -0.782. The van der Waals surface area contributed by atoms with E-state index in [4.69, 9.17) is 4.74 Å². The third-order valence-electron chi connectivity index (χ3n) is 2.39. The fourth-order valence-corrected chi connectivity index (χ4v) is 0.999. The maximum absolute atomic E-state index is 11.6. The van der Waals surface area contributed by atoms with Crippen molar-refractivity contribution in [2.75, 3.05) is 20.2 Å². The van der Waals surface area contributed by atoms with Crippen molar-refractivity contribution in [3.63, 3.8) is 0 Å². The molecule has 88 valence electrons. The van der Waals surface area contributed by atoms with Crippen LogP contribution in [0.1, 0.15) is 27.2 Å². The van der Waals surface area contributed by atoms with Gasteiger partial charge in [0, 0.05) is 27.1 Å². The second-order valence-corrected chi connectivity index (χ2v) is 3.53. The quantitative estimate of drug-likeness (QED) is 0.617. The molecule has 0 spiro atoms. The summed E-state index contributed by atoms with van der Waals surface area (Å²) in [6.45, 7) is 5.91. The predicted octanol–water partition coefficient (Wildman–Crippen LogP) is 0.0538. The van der Waals surface area contributed by atoms with Crippen LogP contribution >= 0.6 is 0 Å². The number of rotatable bonds is 6. The second-order valence-electron chi connectivity index (χ2n) is 3.53. The van der Waals surface area contributed by atoms with Crippen LogP contribution in [-0.2, 0) is 14.3 Å². The highest BCUT2D eigenvalue weighted by Gasteiger charge is 2.30. The van der Waals surface area contributed by atoms with Crippen LogP contribution in [0.2, 0.25) is 0 Å². The van der Waals surface area contributed by atoms with Gasteiger partial charge in [-0.05, 0) is 13.3 Å². The van der Waals surface area contributed by atoms with Crippen molar-refractivity contribution < 1.29 is 14.3 Å². The summed E-state index contributed by atoms with van der Waals surface area (Å²) < 4.78 is 5.13. The van der Waals surface area contributed by atoms with Gasteiger partial charge in [-0.3, -0.25) is 9.59 Å². The molecule has 1 atom stereocenters. The molecule has 0 heterocycles. The number of amides is 2. The zero-order valence-corrected chi connectivity index (χ0v) is 9.85. The van der Waals surface area contributed by atoms with E-state index in [1.54, 1.807) is 6.92 Å². The lowest BCUT2D eigenvalue weighted by molar-refractivity contribution is -0.141. The molecular formula is C10H20N2O3. The summed E-state index contributed by atoms with van der Waals surface area (Å²) in [4.78, 5) is 22.2. The van der Waals surface area contributed by atoms with Crippen molar-refractivity contribution in [3.05, 3.63) is 0 Å². The summed E-state index contributed by atoms with van der Waals surface area (Å²) in [6.07, 6.45) is 0.607. The second kappa shape index (κ2) is 6.40. The highest BCUT2D eigenvalue weighted by Crippen LogP contribution is 2.13. The largest absolute Gasteiger partial charge is 0.369 e. The standard InChI is InChI=1S/C10H20N2O3/c1-5-10(3,15-4)9(14)12-7-6-11-8(2)13/h5-7H2,1-4H3,(H,11,13)(H,12,14). The molecule has 0 aromatic carbocycles. The van der Waals surface area contributed by atoms with E-state index in [0.717, 1.165) is 0 Å². The SMILES string of the molecule is CCC(C)(OC)C(=O)NCCNC(C)=O. The molecule has 5 nitrogen and oxygen atoms in total. The van der Waals surface area contributed by atoms with Gasteiger partial charge in [0.2, 0.25) is 5.91 Å². The van der Waals surface area contributed by atoms with E-state index in [1.165, 1.54) is 14.0 Å². The zero-order valence-electron chi connectivity index (χ0n) is 9.85. The molecule has 0 saturated carbocycles. The highest BCUT2D eigenvalue weighted by molar-refractivity contribution is 5.84. The van der Waals surface area contributed by atoms with Gasteiger partial charge < -0.3 is 15.4 Å². The number of ether oxygens (including phenoxy) is 1. The third kappa shape index (κ3) is 4.78. The number of methoxy groups -OCH3 is 1. The van der Waals surface area contributed by atoms with Crippen molar-refractivity contribution in [1.82, 2.24) is 10.6 Å². The lowest BCUT2D eigenvalue weighted by Crippen LogP contribution is -2.47. The van der Waals surface area contributed by atoms with Crippen LogP contribution < -0.4 is 10.6 Å². The molecule has 0 bridgehead atoms. The first-order chi connectivity index (χ1) is 6.96. The summed E-state index contributed by atoms with van der Waals surface area (Å²) in [5, 5.41) is 5.30. The van der Waals surface area contributed by atoms with Crippen molar-refractivity contribution in [3.8, 4) is 0 Å². The molecule has 5 heteroatoms. The number of hydrogen-bond acceptors (Lipinski definition) is 3. The predicted molar refractivity (Wildman–Crippen MR) is 57.4 cm³/mol. The van der Waals surface area contributed by atoms with Crippen molar-refractivity contribution >= 4 is 11.8 Å². The van der Waals surface area contributed by atoms with E-state index in [1.807, 2.05) is 6.92 Å². The van der Waals surface area contributed by atoms with E-state index in [-0.39, 0.29) is 11.8 Å². The first-order valence-corrected chi connectivity index (χ1v) is 5.04. The molecule has 0 radical (unpaired) electrons. The van der Waals surface area contributed by atoms with Crippen molar-refractivity contribution in [2.45, 2.75) is 32.8 Å². The van der Waals surface area contributed by atoms with Gasteiger partial charge in [0.15, 0.2) is 0 Å². The Morgan fingerprint density at radius 3 is 2.20 bits per heavy atom. The Kier molecular flexibility index (Phi) is 5.93. The van der Waals surface area contributed by atoms with Gasteiger partial charge in [0.1, 0.15) is 5.60 Å². The third-order valence-corrected chi connectivity index (χ3v) is 2.39. The molecule has 0 aromatic rings. The lowest BCUT2D eigenvalue weighted by Gasteiger charge is -2.25. The van der Waals surface area contributed by atoms with Crippen LogP contribution in [0.15, 0.2) is 0 Å². The van der Waals surface area contributed by atoms with Gasteiger partial charge >= 0.3 is 0 Å². The smallest absolute Gasteiger partial charge is 0.251 e. The molecule has 0 aromatic heterocycles. The average molecular weight is 216 g/mol. The molecule has 0 saturated heterocycles. The van der Waals surface area contributed by atoms with Crippen LogP contribution in [0, 0.1) is 0 Å². The van der Waals surface area contributed by atoms with Crippen LogP contribution in [0.4, 0.5) is 0 Å². The first kappa shape index (κ1) is 13.9. The van der Waals surface area contributed by atoms with Crippen molar-refractivity contribution in [1.29, 1.82) is 0 Å². The van der Waals surface area contributed by atoms with Gasteiger partial charge in [-0.25, -0.2) is 0 Å². The molecule has 0 aliphatic carbocycles. The maximum atomic E-state index is 11.6. The molecular weight excluding hydrogens is 196 g/mol. The van der Waals surface area contributed by atoms with Crippen LogP contribution in [0.5, 0.6) is 0 Å². The fourth-order valence-electron chi connectivity index (χ4n) is 0.999. The molecule has 0 fully saturated rings. The fraction of sp³-hybridized carbons (Fsp3) is 0.800. The van der Waals surface area contributed by atoms with Gasteiger partial charge in [0.25, 0.3) is 5.91 Å². The number of hydrogen-bond donors (Lipinski definition) is 2. The monoisotopic (exact) mass is 216 g/mol. The maximum Gasteiger partial charge on any atom is 0.251 e. The molecule has 0 aliphatic rings. The van der Waals surface area contributed by atoms with Crippen LogP contribution in [0.25, 0.3) is 0 Å². The Balaban J connectivity index is 3.87. The Morgan fingerprint density at radius 2 is 1.80 bits per heavy atom. The Bertz CT molecular complexity index is 225. The van der Waals surface area contributed by atoms with E-state index >= 15 is 0 Å². The summed E-state index contributed by atoms with van der Waals surface area (Å²) in [5.74, 6) is -0.257. The number of carbonyl (C=O) groups is 2. The van der Waals surface area contributed by atoms with Gasteiger partial charge in [-0.15, -0.1) is 0 Å². The van der Waals surface area contributed by atoms with Crippen molar-refractivity contribution in [2.24, 2.45) is 0 Å². The van der Waals surface area contributed by atoms with E-state index in [9.17, 15) is 9.59 Å².